The van der Waals surface area contributed by atoms with Gasteiger partial charge in [-0.15, -0.1) is 0 Å². The average Bonchev–Trinajstić information content (AvgIpc) is 3.26. The predicted molar refractivity (Wildman–Crippen MR) is 126 cm³/mol. The molecular weight excluding hydrogens is 420 g/mol. The monoisotopic (exact) mass is 452 g/mol. The zero-order valence-electron chi connectivity index (χ0n) is 19.7. The fourth-order valence-corrected chi connectivity index (χ4v) is 4.13. The Bertz CT molecular complexity index is 1000. The summed E-state index contributed by atoms with van der Waals surface area (Å²) >= 11 is 0. The molecule has 2 aromatic carbocycles. The maximum absolute atomic E-state index is 12.9. The zero-order valence-corrected chi connectivity index (χ0v) is 19.7. The van der Waals surface area contributed by atoms with Crippen molar-refractivity contribution in [1.82, 2.24) is 4.90 Å². The van der Waals surface area contributed by atoms with Gasteiger partial charge in [0.2, 0.25) is 12.7 Å². The summed E-state index contributed by atoms with van der Waals surface area (Å²) in [5, 5.41) is 2.95. The van der Waals surface area contributed by atoms with Crippen LogP contribution in [-0.4, -0.2) is 42.7 Å². The van der Waals surface area contributed by atoms with Crippen LogP contribution in [0.1, 0.15) is 46.1 Å². The number of nitrogens with one attached hydrogen (secondary N) is 1. The van der Waals surface area contributed by atoms with Crippen LogP contribution in [0.25, 0.3) is 0 Å². The average molecular weight is 453 g/mol. The normalized spacial score (nSPS) is 16.9. The highest BCUT2D eigenvalue weighted by Crippen LogP contribution is 2.34. The number of benzene rings is 2. The van der Waals surface area contributed by atoms with E-state index < -0.39 is 6.10 Å². The van der Waals surface area contributed by atoms with Crippen molar-refractivity contribution in [2.75, 3.05) is 25.2 Å². The van der Waals surface area contributed by atoms with Crippen LogP contribution in [0.2, 0.25) is 0 Å². The summed E-state index contributed by atoms with van der Waals surface area (Å²) in [5.41, 5.74) is 1.97. The summed E-state index contributed by atoms with van der Waals surface area (Å²) in [6, 6.07) is 13.3. The molecule has 7 heteroatoms. The Morgan fingerprint density at radius 3 is 2.36 bits per heavy atom. The zero-order chi connectivity index (χ0) is 23.6. The van der Waals surface area contributed by atoms with E-state index in [1.54, 1.807) is 30.0 Å². The minimum atomic E-state index is -0.579. The molecule has 0 aliphatic carbocycles. The van der Waals surface area contributed by atoms with E-state index in [9.17, 15) is 9.59 Å². The van der Waals surface area contributed by atoms with Gasteiger partial charge in [0, 0.05) is 30.8 Å². The number of hydrogen-bond acceptors (Lipinski definition) is 5. The second kappa shape index (κ2) is 9.33. The number of ether oxygens (including phenoxy) is 3. The third kappa shape index (κ3) is 5.41. The van der Waals surface area contributed by atoms with E-state index >= 15 is 0 Å². The van der Waals surface area contributed by atoms with Crippen LogP contribution < -0.4 is 19.5 Å². The number of fused-ring (bicyclic) bond motifs is 1. The van der Waals surface area contributed by atoms with Crippen molar-refractivity contribution in [2.45, 2.75) is 52.1 Å². The first-order chi connectivity index (χ1) is 15.7. The molecule has 2 aliphatic rings. The summed E-state index contributed by atoms with van der Waals surface area (Å²) in [6.07, 6.45) is 0.661. The van der Waals surface area contributed by atoms with Crippen molar-refractivity contribution in [3.8, 4) is 17.2 Å². The van der Waals surface area contributed by atoms with E-state index in [4.69, 9.17) is 14.2 Å². The van der Waals surface area contributed by atoms with Crippen LogP contribution in [0.3, 0.4) is 0 Å². The van der Waals surface area contributed by atoms with Crippen LogP contribution in [0, 0.1) is 5.92 Å². The minimum absolute atomic E-state index is 0.0378. The summed E-state index contributed by atoms with van der Waals surface area (Å²) in [4.78, 5) is 27.4. The van der Waals surface area contributed by atoms with Crippen molar-refractivity contribution in [1.29, 1.82) is 0 Å². The Morgan fingerprint density at radius 1 is 1.03 bits per heavy atom. The molecule has 2 amide bonds. The number of likely N-dealkylation sites (tertiary alicyclic amines) is 1. The summed E-state index contributed by atoms with van der Waals surface area (Å²) in [6.45, 7) is 9.53. The number of piperidine rings is 1. The lowest BCUT2D eigenvalue weighted by molar-refractivity contribution is -0.140. The van der Waals surface area contributed by atoms with Gasteiger partial charge < -0.3 is 24.4 Å². The Hall–Kier alpha value is -3.22. The van der Waals surface area contributed by atoms with Crippen LogP contribution in [0.4, 0.5) is 5.69 Å². The van der Waals surface area contributed by atoms with E-state index in [0.717, 1.165) is 0 Å². The van der Waals surface area contributed by atoms with Crippen molar-refractivity contribution in [2.24, 2.45) is 5.92 Å². The van der Waals surface area contributed by atoms with Crippen molar-refractivity contribution in [3.63, 3.8) is 0 Å². The second-order valence-corrected chi connectivity index (χ2v) is 9.69. The number of amides is 2. The van der Waals surface area contributed by atoms with Gasteiger partial charge in [0.15, 0.2) is 17.6 Å². The Balaban J connectivity index is 1.26. The van der Waals surface area contributed by atoms with Gasteiger partial charge >= 0.3 is 0 Å². The summed E-state index contributed by atoms with van der Waals surface area (Å²) in [5.74, 6) is 1.77. The van der Waals surface area contributed by atoms with Crippen molar-refractivity contribution >= 4 is 17.5 Å². The van der Waals surface area contributed by atoms with E-state index in [1.807, 2.05) is 24.3 Å². The number of hydrogen-bond donors (Lipinski definition) is 1. The predicted octanol–water partition coefficient (Wildman–Crippen LogP) is 4.36. The molecule has 2 aliphatic heterocycles. The molecule has 0 unspecified atom stereocenters. The van der Waals surface area contributed by atoms with E-state index in [2.05, 4.69) is 26.1 Å². The fraction of sp³-hybridized carbons (Fsp3) is 0.462. The smallest absolute Gasteiger partial charge is 0.263 e. The van der Waals surface area contributed by atoms with Gasteiger partial charge in [0.25, 0.3) is 5.91 Å². The standard InChI is InChI=1S/C26H32N2O5/c1-17(33-21-8-5-19(6-9-21)26(2,3)4)25(30)28-13-11-18(12-14-28)24(29)27-20-7-10-22-23(15-20)32-16-31-22/h5-10,15,17-18H,11-14,16H2,1-4H3,(H,27,29)/t17-/m1/s1. The molecule has 0 aromatic heterocycles. The number of nitrogens with zero attached hydrogens (tertiary/aromatic N) is 1. The molecule has 4 rings (SSSR count). The van der Waals surface area contributed by atoms with Gasteiger partial charge in [-0.3, -0.25) is 9.59 Å². The molecule has 2 heterocycles. The maximum atomic E-state index is 12.9. The topological polar surface area (TPSA) is 77.1 Å². The van der Waals surface area contributed by atoms with E-state index in [-0.39, 0.29) is 29.9 Å². The van der Waals surface area contributed by atoms with E-state index in [0.29, 0.717) is 48.9 Å². The maximum Gasteiger partial charge on any atom is 0.263 e. The molecule has 1 saturated heterocycles. The molecule has 33 heavy (non-hydrogen) atoms. The number of rotatable bonds is 5. The molecule has 1 N–H and O–H groups in total. The first-order valence-electron chi connectivity index (χ1n) is 11.5. The van der Waals surface area contributed by atoms with Gasteiger partial charge in [-0.25, -0.2) is 0 Å². The molecule has 1 fully saturated rings. The lowest BCUT2D eigenvalue weighted by Crippen LogP contribution is -2.46. The first-order valence-corrected chi connectivity index (χ1v) is 11.5. The van der Waals surface area contributed by atoms with Crippen LogP contribution in [0.15, 0.2) is 42.5 Å². The van der Waals surface area contributed by atoms with Crippen molar-refractivity contribution < 1.29 is 23.8 Å². The van der Waals surface area contributed by atoms with Gasteiger partial charge in [-0.2, -0.15) is 0 Å². The van der Waals surface area contributed by atoms with Crippen LogP contribution >= 0.6 is 0 Å². The molecule has 0 bridgehead atoms. The van der Waals surface area contributed by atoms with Gasteiger partial charge in [0.1, 0.15) is 5.75 Å². The highest BCUT2D eigenvalue weighted by atomic mass is 16.7. The highest BCUT2D eigenvalue weighted by Gasteiger charge is 2.30. The second-order valence-electron chi connectivity index (χ2n) is 9.69. The first kappa shape index (κ1) is 23.0. The lowest BCUT2D eigenvalue weighted by Gasteiger charge is -2.33. The fourth-order valence-electron chi connectivity index (χ4n) is 4.13. The highest BCUT2D eigenvalue weighted by molar-refractivity contribution is 5.93. The molecule has 2 aromatic rings. The molecule has 0 spiro atoms. The van der Waals surface area contributed by atoms with Gasteiger partial charge in [-0.1, -0.05) is 32.9 Å². The minimum Gasteiger partial charge on any atom is -0.481 e. The van der Waals surface area contributed by atoms with E-state index in [1.165, 1.54) is 5.56 Å². The van der Waals surface area contributed by atoms with Crippen LogP contribution in [0.5, 0.6) is 17.2 Å². The quantitative estimate of drug-likeness (QED) is 0.730. The summed E-state index contributed by atoms with van der Waals surface area (Å²) in [7, 11) is 0. The SMILES string of the molecule is C[C@@H](Oc1ccc(C(C)(C)C)cc1)C(=O)N1CCC(C(=O)Nc2ccc3c(c2)OCO3)CC1. The lowest BCUT2D eigenvalue weighted by atomic mass is 9.87. The van der Waals surface area contributed by atoms with Crippen molar-refractivity contribution in [3.05, 3.63) is 48.0 Å². The Kier molecular flexibility index (Phi) is 6.49. The number of carbonyl (C=O) groups is 2. The summed E-state index contributed by atoms with van der Waals surface area (Å²) < 4.78 is 16.6. The third-order valence-corrected chi connectivity index (χ3v) is 6.20. The Morgan fingerprint density at radius 2 is 1.70 bits per heavy atom. The molecule has 0 saturated carbocycles. The molecule has 176 valence electrons. The molecule has 1 atom stereocenters. The molecule has 0 radical (unpaired) electrons. The third-order valence-electron chi connectivity index (χ3n) is 6.20. The molecular formula is C26H32N2O5. The number of carbonyl (C=O) groups excluding carboxylic acids is 2. The number of anilines is 1. The molecule has 7 nitrogen and oxygen atoms in total. The largest absolute Gasteiger partial charge is 0.481 e. The Labute approximate surface area is 195 Å². The van der Waals surface area contributed by atoms with Crippen LogP contribution in [-0.2, 0) is 15.0 Å². The van der Waals surface area contributed by atoms with Gasteiger partial charge in [0.05, 0.1) is 0 Å². The van der Waals surface area contributed by atoms with Gasteiger partial charge in [-0.05, 0) is 55.0 Å².